The van der Waals surface area contributed by atoms with Gasteiger partial charge < -0.3 is 0 Å². The van der Waals surface area contributed by atoms with Gasteiger partial charge in [-0.05, 0) is 0 Å². The molecule has 1 rings (SSSR count). The first-order valence-corrected chi connectivity index (χ1v) is 7.31. The molecule has 13 heavy (non-hydrogen) atoms. The van der Waals surface area contributed by atoms with Gasteiger partial charge in [0.05, 0.1) is 0 Å². The van der Waals surface area contributed by atoms with E-state index in [1.807, 2.05) is 0 Å². The van der Waals surface area contributed by atoms with Crippen molar-refractivity contribution >= 4 is 23.3 Å². The molecule has 1 aliphatic heterocycles. The lowest BCUT2D eigenvalue weighted by atomic mass is 11.5. The summed E-state index contributed by atoms with van der Waals surface area (Å²) in [5.41, 5.74) is 0. The molecule has 0 radical (unpaired) electrons. The number of nitrogens with zero attached hydrogens (tertiary/aromatic N) is 3. The quantitative estimate of drug-likeness (QED) is 0.397. The smallest absolute Gasteiger partial charge is 0.215 e. The average molecular weight is 263 g/mol. The van der Waals surface area contributed by atoms with Crippen molar-refractivity contribution in [2.75, 3.05) is 6.29 Å². The van der Waals surface area contributed by atoms with Crippen molar-refractivity contribution in [1.29, 1.82) is 0 Å². The second kappa shape index (κ2) is 3.14. The van der Waals surface area contributed by atoms with E-state index < -0.39 is 29.6 Å². The second-order valence-corrected chi connectivity index (χ2v) is 6.98. The molecule has 0 saturated heterocycles. The highest BCUT2D eigenvalue weighted by Crippen LogP contribution is 2.76. The molecule has 0 atom stereocenters. The van der Waals surface area contributed by atoms with E-state index in [1.165, 1.54) is 0 Å². The predicted molar refractivity (Wildman–Crippen MR) is 39.6 cm³/mol. The van der Waals surface area contributed by atoms with Gasteiger partial charge in [-0.1, -0.05) is 0 Å². The maximum absolute atomic E-state index is 12.3. The van der Waals surface area contributed by atoms with Gasteiger partial charge in [0.25, 0.3) is 0 Å². The second-order valence-electron chi connectivity index (χ2n) is 1.97. The third kappa shape index (κ3) is 3.49. The zero-order valence-corrected chi connectivity index (χ0v) is 8.34. The van der Waals surface area contributed by atoms with E-state index in [2.05, 4.69) is 4.74 Å². The summed E-state index contributed by atoms with van der Waals surface area (Å²) in [6.45, 7) is 0. The Morgan fingerprint density at radius 3 is 1.85 bits per heavy atom. The van der Waals surface area contributed by atoms with Gasteiger partial charge >= 0.3 is 23.3 Å². The van der Waals surface area contributed by atoms with Gasteiger partial charge in [0.2, 0.25) is 0 Å². The van der Waals surface area contributed by atoms with Crippen molar-refractivity contribution in [3.8, 4) is 0 Å². The van der Waals surface area contributed by atoms with Gasteiger partial charge in [-0.2, -0.15) is 8.39 Å². The third-order valence-corrected chi connectivity index (χ3v) is 5.67. The molecule has 78 valence electrons. The van der Waals surface area contributed by atoms with Crippen LogP contribution in [0.2, 0.25) is 0 Å². The molecule has 0 aliphatic carbocycles. The van der Waals surface area contributed by atoms with E-state index >= 15 is 0 Å². The molecule has 3 nitrogen and oxygen atoms in total. The van der Waals surface area contributed by atoms with Crippen molar-refractivity contribution < 1.29 is 25.2 Å². The lowest BCUT2D eigenvalue weighted by molar-refractivity contribution is 0.701. The highest BCUT2D eigenvalue weighted by atomic mass is 31.3. The summed E-state index contributed by atoms with van der Waals surface area (Å²) in [4.78, 5) is 0. The van der Waals surface area contributed by atoms with Crippen molar-refractivity contribution in [1.82, 2.24) is 0 Å². The van der Waals surface area contributed by atoms with Crippen LogP contribution < -0.4 is 0 Å². The zero-order valence-electron chi connectivity index (χ0n) is 5.66. The number of hydrogen-bond donors (Lipinski definition) is 0. The lowest BCUT2D eigenvalue weighted by Gasteiger charge is -1.99. The molecule has 0 fully saturated rings. The van der Waals surface area contributed by atoms with E-state index in [0.29, 0.717) is 0 Å². The van der Waals surface area contributed by atoms with Crippen LogP contribution in [0.5, 0.6) is 0 Å². The normalized spacial score (nSPS) is 29.1. The first-order chi connectivity index (χ1) is 5.62. The fourth-order valence-electron chi connectivity index (χ4n) is 0.514. The molecule has 0 aromatic carbocycles. The molecule has 1 heterocycles. The van der Waals surface area contributed by atoms with Gasteiger partial charge in [0.15, 0.2) is 0 Å². The molecule has 0 N–H and O–H groups in total. The van der Waals surface area contributed by atoms with Crippen LogP contribution in [-0.4, -0.2) is 6.29 Å². The molecule has 0 spiro atoms. The van der Waals surface area contributed by atoms with Gasteiger partial charge in [-0.15, -0.1) is 25.8 Å². The van der Waals surface area contributed by atoms with E-state index in [1.54, 1.807) is 9.03 Å². The Morgan fingerprint density at radius 1 is 0.769 bits per heavy atom. The topological polar surface area (TPSA) is 37.1 Å². The molecule has 0 saturated carbocycles. The highest BCUT2D eigenvalue weighted by molar-refractivity contribution is 7.72. The molecule has 0 amide bonds. The minimum Gasteiger partial charge on any atom is -0.215 e. The summed E-state index contributed by atoms with van der Waals surface area (Å²) in [7, 11) is -16.8. The predicted octanol–water partition coefficient (Wildman–Crippen LogP) is 5.70. The Bertz CT molecular complexity index is 367. The maximum Gasteiger partial charge on any atom is 0.424 e. The van der Waals surface area contributed by atoms with Gasteiger partial charge in [0, 0.05) is 0 Å². The van der Waals surface area contributed by atoms with Gasteiger partial charge in [0.1, 0.15) is 6.29 Å². The fraction of sp³-hybridized carbons (Fsp3) is 1.00. The standard InChI is InChI=1S/CH2F6N3P3/c2-11(3)1-8-12(4,5)10-13(6,7)9-11/h1H2. The molecule has 0 unspecified atom stereocenters. The summed E-state index contributed by atoms with van der Waals surface area (Å²) < 4.78 is 79.4. The molecule has 0 bridgehead atoms. The Hall–Kier alpha value is 0.270. The summed E-state index contributed by atoms with van der Waals surface area (Å²) in [6, 6.07) is 0. The molecular formula is CH2F6N3P3. The minimum absolute atomic E-state index is 1.62. The van der Waals surface area contributed by atoms with Crippen LogP contribution >= 0.6 is 23.3 Å². The summed E-state index contributed by atoms with van der Waals surface area (Å²) in [5, 5.41) is 0. The first-order valence-electron chi connectivity index (χ1n) is 2.65. The Morgan fingerprint density at radius 2 is 1.31 bits per heavy atom. The van der Waals surface area contributed by atoms with Crippen LogP contribution in [0.15, 0.2) is 13.8 Å². The van der Waals surface area contributed by atoms with Crippen molar-refractivity contribution in [2.24, 2.45) is 13.8 Å². The fourth-order valence-corrected chi connectivity index (χ4v) is 4.94. The molecular weight excluding hydrogens is 261 g/mol. The number of halogens is 6. The molecule has 0 aromatic rings. The van der Waals surface area contributed by atoms with Crippen LogP contribution in [0, 0.1) is 0 Å². The average Bonchev–Trinajstić information content (AvgIpc) is 1.83. The van der Waals surface area contributed by atoms with Crippen molar-refractivity contribution in [2.45, 2.75) is 0 Å². The minimum atomic E-state index is -5.87. The SMILES string of the molecule is FP1(F)=NP(F)(F)=NP(F)(F)=NC1. The monoisotopic (exact) mass is 263 g/mol. The number of rotatable bonds is 0. The van der Waals surface area contributed by atoms with Crippen LogP contribution in [0.4, 0.5) is 25.2 Å². The Balaban J connectivity index is 3.36. The summed E-state index contributed by atoms with van der Waals surface area (Å²) in [5.74, 6) is 0. The van der Waals surface area contributed by atoms with E-state index in [9.17, 15) is 25.2 Å². The molecule has 12 heteroatoms. The van der Waals surface area contributed by atoms with Gasteiger partial charge in [-0.25, -0.2) is 4.74 Å². The summed E-state index contributed by atoms with van der Waals surface area (Å²) in [6.07, 6.45) is -1.62. The van der Waals surface area contributed by atoms with Gasteiger partial charge in [-0.3, -0.25) is 0 Å². The van der Waals surface area contributed by atoms with E-state index in [4.69, 9.17) is 0 Å². The van der Waals surface area contributed by atoms with Crippen LogP contribution in [0.25, 0.3) is 0 Å². The molecule has 0 aromatic heterocycles. The van der Waals surface area contributed by atoms with Crippen molar-refractivity contribution in [3.63, 3.8) is 0 Å². The van der Waals surface area contributed by atoms with Crippen molar-refractivity contribution in [3.05, 3.63) is 0 Å². The summed E-state index contributed by atoms with van der Waals surface area (Å²) >= 11 is 0. The first kappa shape index (κ1) is 11.3. The Kier molecular flexibility index (Phi) is 2.74. The Labute approximate surface area is 69.5 Å². The zero-order chi connectivity index (χ0) is 10.3. The van der Waals surface area contributed by atoms with Crippen LogP contribution in [-0.2, 0) is 0 Å². The van der Waals surface area contributed by atoms with Crippen LogP contribution in [0.3, 0.4) is 0 Å². The maximum atomic E-state index is 12.3. The van der Waals surface area contributed by atoms with Crippen LogP contribution in [0.1, 0.15) is 0 Å². The molecule has 1 aliphatic rings. The number of hydrogen-bond acceptors (Lipinski definition) is 3. The highest BCUT2D eigenvalue weighted by Gasteiger charge is 2.35. The lowest BCUT2D eigenvalue weighted by Crippen LogP contribution is -1.69. The largest absolute Gasteiger partial charge is 0.424 e. The van der Waals surface area contributed by atoms with E-state index in [-0.39, 0.29) is 0 Å². The third-order valence-electron chi connectivity index (χ3n) is 0.857. The van der Waals surface area contributed by atoms with E-state index in [0.717, 1.165) is 0 Å².